The Morgan fingerprint density at radius 2 is 1.18 bits per heavy atom. The Morgan fingerprint density at radius 1 is 0.647 bits per heavy atom. The lowest BCUT2D eigenvalue weighted by Crippen LogP contribution is -2.06. The van der Waals surface area contributed by atoms with Crippen LogP contribution in [0.2, 0.25) is 0 Å². The molecule has 0 unspecified atom stereocenters. The van der Waals surface area contributed by atoms with Crippen molar-refractivity contribution >= 4 is 39.3 Å². The molecule has 0 fully saturated rings. The number of nitrogens with zero attached hydrogens (tertiary/aromatic N) is 9. The van der Waals surface area contributed by atoms with E-state index in [0.717, 1.165) is 31.6 Å². The van der Waals surface area contributed by atoms with Gasteiger partial charge in [-0.15, -0.1) is 30.6 Å². The van der Waals surface area contributed by atoms with Gasteiger partial charge in [0.25, 0.3) is 0 Å². The molecule has 0 aliphatic heterocycles. The van der Waals surface area contributed by atoms with Crippen LogP contribution in [0.4, 0.5) is 0 Å². The van der Waals surface area contributed by atoms with E-state index in [0.29, 0.717) is 23.0 Å². The number of aryl methyl sites for hydroxylation is 1. The summed E-state index contributed by atoms with van der Waals surface area (Å²) < 4.78 is 11.4. The number of nitrogens with one attached hydrogen (secondary N) is 3. The summed E-state index contributed by atoms with van der Waals surface area (Å²) in [5.41, 5.74) is 5.40. The number of carbonyl (C=O) groups is 1. The van der Waals surface area contributed by atoms with Gasteiger partial charge in [0.15, 0.2) is 0 Å². The van der Waals surface area contributed by atoms with Crippen molar-refractivity contribution in [1.29, 1.82) is 0 Å². The fraction of sp³-hybridized carbons (Fsp3) is 0.0857. The Morgan fingerprint density at radius 3 is 1.75 bits per heavy atom. The van der Waals surface area contributed by atoms with Gasteiger partial charge in [-0.05, 0) is 104 Å². The highest BCUT2D eigenvalue weighted by molar-refractivity contribution is 14.1. The van der Waals surface area contributed by atoms with Crippen molar-refractivity contribution in [3.63, 3.8) is 0 Å². The van der Waals surface area contributed by atoms with Crippen LogP contribution in [0.1, 0.15) is 21.5 Å². The Balaban J connectivity index is 0.000000137. The van der Waals surface area contributed by atoms with E-state index in [4.69, 9.17) is 9.47 Å². The van der Waals surface area contributed by atoms with Gasteiger partial charge in [0.1, 0.15) is 12.4 Å². The molecule has 0 saturated heterocycles. The van der Waals surface area contributed by atoms with Crippen molar-refractivity contribution in [3.8, 4) is 39.9 Å². The number of fused-ring (bicyclic) bond motifs is 1. The number of aromatic nitrogens is 12. The van der Waals surface area contributed by atoms with E-state index in [-0.39, 0.29) is 12.6 Å². The maximum atomic E-state index is 12.1. The smallest absolute Gasteiger partial charge is 0.338 e. The molecule has 16 heteroatoms. The average molecular weight is 793 g/mol. The summed E-state index contributed by atoms with van der Waals surface area (Å²) in [6.07, 6.45) is 0. The van der Waals surface area contributed by atoms with E-state index in [2.05, 4.69) is 122 Å². The Kier molecular flexibility index (Phi) is 11.3. The third-order valence-electron chi connectivity index (χ3n) is 7.33. The quantitative estimate of drug-likeness (QED) is 0.125. The number of methoxy groups -OCH3 is 1. The molecule has 0 saturated carbocycles. The second-order valence-electron chi connectivity index (χ2n) is 10.7. The molecule has 15 nitrogen and oxygen atoms in total. The maximum absolute atomic E-state index is 12.1. The lowest BCUT2D eigenvalue weighted by atomic mass is 10.0. The second kappa shape index (κ2) is 16.8. The number of rotatable bonds is 7. The number of esters is 1. The molecule has 5 aromatic carbocycles. The molecule has 0 radical (unpaired) electrons. The molecule has 0 aliphatic rings. The summed E-state index contributed by atoms with van der Waals surface area (Å²) >= 11 is 2.22. The Labute approximate surface area is 304 Å². The topological polar surface area (TPSA) is 199 Å². The van der Waals surface area contributed by atoms with Gasteiger partial charge < -0.3 is 9.47 Å². The predicted octanol–water partition coefficient (Wildman–Crippen LogP) is 6.03. The highest BCUT2D eigenvalue weighted by atomic mass is 127. The zero-order valence-corrected chi connectivity index (χ0v) is 29.4. The highest BCUT2D eigenvalue weighted by Crippen LogP contribution is 2.22. The number of H-pyrrole nitrogens is 3. The summed E-state index contributed by atoms with van der Waals surface area (Å²) in [5, 5.41) is 43.6. The first-order chi connectivity index (χ1) is 25.0. The number of hydrogen-bond acceptors (Lipinski definition) is 12. The molecule has 3 N–H and O–H groups in total. The number of carbonyl (C=O) groups excluding carboxylic acids is 1. The largest absolute Gasteiger partial charge is 0.497 e. The van der Waals surface area contributed by atoms with Gasteiger partial charge in [0, 0.05) is 25.8 Å². The first-order valence-corrected chi connectivity index (χ1v) is 16.4. The molecule has 254 valence electrons. The minimum atomic E-state index is -0.362. The van der Waals surface area contributed by atoms with Gasteiger partial charge >= 0.3 is 5.97 Å². The van der Waals surface area contributed by atoms with E-state index in [1.54, 1.807) is 31.4 Å². The van der Waals surface area contributed by atoms with Crippen LogP contribution in [0.25, 0.3) is 44.9 Å². The molecule has 51 heavy (non-hydrogen) atoms. The van der Waals surface area contributed by atoms with Crippen LogP contribution in [0.15, 0.2) is 109 Å². The van der Waals surface area contributed by atoms with E-state index >= 15 is 0 Å². The molecule has 0 spiro atoms. The van der Waals surface area contributed by atoms with Gasteiger partial charge in [-0.25, -0.2) is 4.79 Å². The van der Waals surface area contributed by atoms with E-state index < -0.39 is 0 Å². The molecule has 3 aromatic heterocycles. The van der Waals surface area contributed by atoms with Crippen LogP contribution in [-0.2, 0) is 11.3 Å². The fourth-order valence-corrected chi connectivity index (χ4v) is 5.24. The fourth-order valence-electron chi connectivity index (χ4n) is 4.69. The molecule has 0 amide bonds. The van der Waals surface area contributed by atoms with Crippen LogP contribution in [-0.4, -0.2) is 75.0 Å². The minimum Gasteiger partial charge on any atom is -0.497 e. The first-order valence-electron chi connectivity index (χ1n) is 15.3. The summed E-state index contributed by atoms with van der Waals surface area (Å²) in [5.74, 6) is 2.15. The molecule has 8 rings (SSSR count). The van der Waals surface area contributed by atoms with Crippen molar-refractivity contribution in [2.24, 2.45) is 0 Å². The number of halogens is 1. The monoisotopic (exact) mass is 792 g/mol. The predicted molar refractivity (Wildman–Crippen MR) is 196 cm³/mol. The van der Waals surface area contributed by atoms with Crippen molar-refractivity contribution in [2.45, 2.75) is 13.5 Å². The summed E-state index contributed by atoms with van der Waals surface area (Å²) in [6, 6.07) is 34.7. The third kappa shape index (κ3) is 9.18. The van der Waals surface area contributed by atoms with Crippen molar-refractivity contribution in [2.75, 3.05) is 7.11 Å². The molecule has 0 atom stereocenters. The van der Waals surface area contributed by atoms with E-state index in [1.165, 1.54) is 16.3 Å². The summed E-state index contributed by atoms with van der Waals surface area (Å²) in [6.45, 7) is 2.34. The minimum absolute atomic E-state index is 0.255. The van der Waals surface area contributed by atoms with Crippen molar-refractivity contribution in [1.82, 2.24) is 61.9 Å². The summed E-state index contributed by atoms with van der Waals surface area (Å²) in [7, 11) is 1.63. The Bertz CT molecular complexity index is 2280. The molecule has 0 aliphatic carbocycles. The lowest BCUT2D eigenvalue weighted by Gasteiger charge is -2.07. The van der Waals surface area contributed by atoms with Crippen LogP contribution < -0.4 is 4.74 Å². The number of benzene rings is 5. The van der Waals surface area contributed by atoms with Crippen molar-refractivity contribution in [3.05, 3.63) is 129 Å². The SMILES string of the molecule is COc1ccc(-c2nn[nH]n2)cc1.Cc1ccc2cc(-c3nn[nH]n3)ccc2c1.O=C(OCc1ccccc1I)c1ccc(-c2nn[nH]n2)cc1. The number of ether oxygens (including phenoxy) is 2. The van der Waals surface area contributed by atoms with Gasteiger partial charge in [0.05, 0.1) is 12.7 Å². The van der Waals surface area contributed by atoms with Gasteiger partial charge in [-0.2, -0.15) is 15.6 Å². The molecule has 8 aromatic rings. The molecular formula is C35H29IN12O3. The second-order valence-corrected chi connectivity index (χ2v) is 11.9. The van der Waals surface area contributed by atoms with Gasteiger partial charge in [0.2, 0.25) is 17.5 Å². The molecular weight excluding hydrogens is 763 g/mol. The highest BCUT2D eigenvalue weighted by Gasteiger charge is 2.10. The zero-order valence-electron chi connectivity index (χ0n) is 27.2. The van der Waals surface area contributed by atoms with Gasteiger partial charge in [-0.1, -0.05) is 66.2 Å². The number of hydrogen-bond donors (Lipinski definition) is 3. The zero-order chi connectivity index (χ0) is 35.4. The maximum Gasteiger partial charge on any atom is 0.338 e. The molecule has 0 bridgehead atoms. The summed E-state index contributed by atoms with van der Waals surface area (Å²) in [4.78, 5) is 12.1. The van der Waals surface area contributed by atoms with Gasteiger partial charge in [-0.3, -0.25) is 0 Å². The normalized spacial score (nSPS) is 10.4. The Hall–Kier alpha value is -6.43. The third-order valence-corrected chi connectivity index (χ3v) is 8.39. The van der Waals surface area contributed by atoms with E-state index in [9.17, 15) is 4.79 Å². The first kappa shape index (κ1) is 34.4. The van der Waals surface area contributed by atoms with Crippen LogP contribution in [0.3, 0.4) is 0 Å². The number of tetrazole rings is 3. The lowest BCUT2D eigenvalue weighted by molar-refractivity contribution is 0.0472. The standard InChI is InChI=1S/C15H11IN4O2.C12H10N4.C8H8N4O/c16-13-4-2-1-3-12(13)9-22-15(21)11-7-5-10(6-8-11)14-17-19-20-18-14;1-8-2-3-10-7-11(5-4-9(10)6-8)12-13-15-16-14-12;1-13-7-4-2-6(3-5-7)8-9-11-12-10-8/h1-8H,9H2,(H,17,18,19,20);2-7H,1H3,(H,13,14,15,16);2-5H,1H3,(H,9,10,11,12). The van der Waals surface area contributed by atoms with Crippen LogP contribution >= 0.6 is 22.6 Å². The van der Waals surface area contributed by atoms with Crippen LogP contribution in [0, 0.1) is 10.5 Å². The van der Waals surface area contributed by atoms with E-state index in [1.807, 2.05) is 54.6 Å². The molecule has 3 heterocycles. The number of aromatic amines is 3. The average Bonchev–Trinajstić information content (AvgIpc) is 4.00. The van der Waals surface area contributed by atoms with Crippen molar-refractivity contribution < 1.29 is 14.3 Å². The van der Waals surface area contributed by atoms with Crippen LogP contribution in [0.5, 0.6) is 5.75 Å².